The van der Waals surface area contributed by atoms with E-state index in [0.29, 0.717) is 13.1 Å². The third-order valence-electron chi connectivity index (χ3n) is 2.91. The van der Waals surface area contributed by atoms with Crippen molar-refractivity contribution in [1.82, 2.24) is 0 Å². The number of hydrogen-bond acceptors (Lipinski definition) is 4. The number of benzene rings is 2. The molecule has 0 aliphatic rings. The molecular formula is C17H18Cl2CuHgN2O2. The predicted molar refractivity (Wildman–Crippen MR) is 97.5 cm³/mol. The Kier molecular flexibility index (Phi) is 15.3. The van der Waals surface area contributed by atoms with E-state index in [4.69, 9.17) is 16.5 Å². The fraction of sp³-hybridized carbons (Fsp3) is 0.176. The number of aromatic hydroxyl groups is 2. The largest absolute Gasteiger partial charge is 0 e. The van der Waals surface area contributed by atoms with Crippen molar-refractivity contribution in [1.29, 1.82) is 0 Å². The van der Waals surface area contributed by atoms with Gasteiger partial charge in [-0.25, -0.2) is 0 Å². The number of aliphatic imine (C=N–C) groups is 2. The number of phenolic OH excluding ortho intramolecular Hbond substituents is 2. The fourth-order valence-corrected chi connectivity index (χ4v) is 1.77. The molecule has 0 heterocycles. The maximum Gasteiger partial charge on any atom is 0 e. The van der Waals surface area contributed by atoms with Crippen molar-refractivity contribution in [3.05, 3.63) is 59.7 Å². The normalized spacial score (nSPS) is 10.0. The monoisotopic (exact) mass is 617 g/mol. The summed E-state index contributed by atoms with van der Waals surface area (Å²) in [6, 6.07) is 14.2. The van der Waals surface area contributed by atoms with Gasteiger partial charge in [-0.15, -0.1) is 0 Å². The fourth-order valence-electron chi connectivity index (χ4n) is 1.77. The van der Waals surface area contributed by atoms with Gasteiger partial charge in [0, 0.05) is 53.7 Å². The molecule has 2 aromatic rings. The molecule has 2 N–H and O–H groups in total. The molecule has 0 aromatic heterocycles. The summed E-state index contributed by atoms with van der Waals surface area (Å²) < 4.78 is 0. The van der Waals surface area contributed by atoms with E-state index in [2.05, 4.69) is 9.98 Å². The quantitative estimate of drug-likeness (QED) is 0.287. The van der Waals surface area contributed by atoms with E-state index in [1.807, 2.05) is 24.3 Å². The summed E-state index contributed by atoms with van der Waals surface area (Å²) in [6.45, 7) is 1.29. The smallest absolute Gasteiger partial charge is 0 e. The maximum atomic E-state index is 9.56. The van der Waals surface area contributed by atoms with Crippen molar-refractivity contribution >= 4 is 28.9 Å². The van der Waals surface area contributed by atoms with Crippen LogP contribution in [0.2, 0.25) is 0 Å². The second kappa shape index (κ2) is 15.7. The van der Waals surface area contributed by atoms with Crippen LogP contribution in [-0.2, 0) is 39.2 Å². The molecule has 0 unspecified atom stereocenters. The summed E-state index contributed by atoms with van der Waals surface area (Å²) in [5.74, 6) is 0.470. The molecule has 1 radical (unpaired) electrons. The first kappa shape index (κ1) is 24.4. The SMILES string of the molecule is Oc1ccccc1C=NCCCN=Cc1ccccc1O.[Cl][Hg][Cl].[Cu]. The van der Waals surface area contributed by atoms with Crippen molar-refractivity contribution in [2.45, 2.75) is 6.42 Å². The van der Waals surface area contributed by atoms with Crippen LogP contribution in [0.15, 0.2) is 58.5 Å². The molecule has 0 aliphatic carbocycles. The van der Waals surface area contributed by atoms with Crippen LogP contribution in [-0.4, -0.2) is 35.7 Å². The standard InChI is InChI=1S/C17H18N2O2.2ClH.Cu.Hg/c20-16-8-3-1-6-14(16)12-18-10-5-11-19-13-15-7-2-4-9-17(15)21;;;;/h1-4,6-9,12-13,20-21H,5,10-11H2;2*1H;;/q;;;;+2/p-2. The third kappa shape index (κ3) is 10.9. The van der Waals surface area contributed by atoms with Gasteiger partial charge in [0.15, 0.2) is 0 Å². The average molecular weight is 617 g/mol. The van der Waals surface area contributed by atoms with E-state index >= 15 is 0 Å². The molecule has 25 heavy (non-hydrogen) atoms. The Morgan fingerprint density at radius 2 is 1.16 bits per heavy atom. The Morgan fingerprint density at radius 3 is 1.52 bits per heavy atom. The molecule has 8 heteroatoms. The molecule has 4 nitrogen and oxygen atoms in total. The summed E-state index contributed by atoms with van der Waals surface area (Å²) in [5.41, 5.74) is 1.44. The summed E-state index contributed by atoms with van der Waals surface area (Å²) in [4.78, 5) is 8.51. The summed E-state index contributed by atoms with van der Waals surface area (Å²) >= 11 is -1.14. The van der Waals surface area contributed by atoms with Gasteiger partial charge in [-0.1, -0.05) is 24.3 Å². The second-order valence-corrected chi connectivity index (χ2v) is 12.5. The van der Waals surface area contributed by atoms with Crippen molar-refractivity contribution in [3.8, 4) is 11.5 Å². The van der Waals surface area contributed by atoms with Gasteiger partial charge >= 0.3 is 38.6 Å². The summed E-state index contributed by atoms with van der Waals surface area (Å²) in [7, 11) is 9.97. The first-order chi connectivity index (χ1) is 11.7. The van der Waals surface area contributed by atoms with Gasteiger partial charge in [0.25, 0.3) is 0 Å². The van der Waals surface area contributed by atoms with E-state index in [9.17, 15) is 10.2 Å². The maximum absolute atomic E-state index is 9.56. The van der Waals surface area contributed by atoms with Gasteiger partial charge in [0.2, 0.25) is 0 Å². The van der Waals surface area contributed by atoms with Gasteiger partial charge in [-0.2, -0.15) is 0 Å². The van der Waals surface area contributed by atoms with E-state index in [1.54, 1.807) is 36.7 Å². The first-order valence-electron chi connectivity index (χ1n) is 7.36. The summed E-state index contributed by atoms with van der Waals surface area (Å²) in [5, 5.41) is 19.1. The number of halogens is 2. The zero-order valence-electron chi connectivity index (χ0n) is 13.4. The van der Waals surface area contributed by atoms with Crippen molar-refractivity contribution < 1.29 is 49.4 Å². The van der Waals surface area contributed by atoms with E-state index in [-0.39, 0.29) is 28.6 Å². The second-order valence-electron chi connectivity index (χ2n) is 4.64. The van der Waals surface area contributed by atoms with Gasteiger partial charge in [-0.3, -0.25) is 9.98 Å². The average Bonchev–Trinajstić information content (AvgIpc) is 2.58. The number of rotatable bonds is 6. The third-order valence-corrected chi connectivity index (χ3v) is 2.91. The van der Waals surface area contributed by atoms with Gasteiger partial charge < -0.3 is 10.2 Å². The molecule has 2 rings (SSSR count). The van der Waals surface area contributed by atoms with Crippen LogP contribution in [0.3, 0.4) is 0 Å². The minimum Gasteiger partial charge on any atom is 0 e. The van der Waals surface area contributed by atoms with Crippen LogP contribution in [0.1, 0.15) is 17.5 Å². The molecule has 0 saturated carbocycles. The van der Waals surface area contributed by atoms with Crippen molar-refractivity contribution in [2.24, 2.45) is 9.98 Å². The molecule has 0 saturated heterocycles. The van der Waals surface area contributed by atoms with Crippen molar-refractivity contribution in [2.75, 3.05) is 13.1 Å². The Balaban J connectivity index is 0.00000134. The molecule has 0 atom stereocenters. The minimum absolute atomic E-state index is 0. The van der Waals surface area contributed by atoms with E-state index in [0.717, 1.165) is 17.5 Å². The zero-order chi connectivity index (χ0) is 17.6. The van der Waals surface area contributed by atoms with Crippen LogP contribution in [0.25, 0.3) is 0 Å². The van der Waals surface area contributed by atoms with Gasteiger partial charge in [0.1, 0.15) is 11.5 Å². The van der Waals surface area contributed by atoms with Crippen LogP contribution in [0, 0.1) is 0 Å². The van der Waals surface area contributed by atoms with E-state index in [1.165, 1.54) is 0 Å². The molecule has 0 aliphatic heterocycles. The molecule has 0 amide bonds. The van der Waals surface area contributed by atoms with E-state index < -0.39 is 22.1 Å². The number of phenols is 2. The molecular weight excluding hydrogens is 599 g/mol. The molecule has 0 spiro atoms. The van der Waals surface area contributed by atoms with Crippen LogP contribution in [0.5, 0.6) is 11.5 Å². The van der Waals surface area contributed by atoms with Gasteiger partial charge in [-0.05, 0) is 30.7 Å². The Morgan fingerprint density at radius 1 is 0.800 bits per heavy atom. The van der Waals surface area contributed by atoms with Crippen LogP contribution < -0.4 is 0 Å². The van der Waals surface area contributed by atoms with Crippen molar-refractivity contribution in [3.63, 3.8) is 0 Å². The number of hydrogen-bond donors (Lipinski definition) is 2. The Labute approximate surface area is 177 Å². The predicted octanol–water partition coefficient (Wildman–Crippen LogP) is 4.40. The van der Waals surface area contributed by atoms with Crippen LogP contribution in [0.4, 0.5) is 0 Å². The first-order valence-corrected chi connectivity index (χ1v) is 20.9. The molecule has 2 aromatic carbocycles. The topological polar surface area (TPSA) is 65.2 Å². The van der Waals surface area contributed by atoms with Crippen LogP contribution >= 0.6 is 16.5 Å². The number of para-hydroxylation sites is 2. The molecule has 0 bridgehead atoms. The molecule has 0 fully saturated rings. The minimum atomic E-state index is -1.14. The zero-order valence-corrected chi connectivity index (χ0v) is 21.4. The van der Waals surface area contributed by atoms with Gasteiger partial charge in [0.05, 0.1) is 0 Å². The Bertz CT molecular complexity index is 617. The Hall–Kier alpha value is -0.585. The molecule has 135 valence electrons. The number of nitrogens with zero attached hydrogens (tertiary/aromatic N) is 2. The summed E-state index contributed by atoms with van der Waals surface area (Å²) in [6.07, 6.45) is 4.15.